The first-order valence-corrected chi connectivity index (χ1v) is 14.1. The number of primary amides is 1. The van der Waals surface area contributed by atoms with E-state index in [1.165, 1.54) is 6.26 Å². The van der Waals surface area contributed by atoms with E-state index in [1.54, 1.807) is 11.1 Å². The van der Waals surface area contributed by atoms with Crippen molar-refractivity contribution in [2.45, 2.75) is 37.8 Å². The third kappa shape index (κ3) is 5.39. The molecule has 2 fully saturated rings. The molecule has 0 spiro atoms. The largest absolute Gasteiger partial charge is 0.367 e. The molecule has 11 nitrogen and oxygen atoms in total. The summed E-state index contributed by atoms with van der Waals surface area (Å²) >= 11 is 0. The number of nitrogens with zero attached hydrogens (tertiary/aromatic N) is 5. The lowest BCUT2D eigenvalue weighted by molar-refractivity contribution is 0.204. The lowest BCUT2D eigenvalue weighted by atomic mass is 9.92. The summed E-state index contributed by atoms with van der Waals surface area (Å²) < 4.78 is 27.7. The maximum Gasteiger partial charge on any atom is 0.314 e. The van der Waals surface area contributed by atoms with Crippen molar-refractivity contribution in [3.63, 3.8) is 0 Å². The lowest BCUT2D eigenvalue weighted by Crippen LogP contribution is -2.50. The number of aromatic nitrogens is 3. The maximum absolute atomic E-state index is 11.5. The topological polar surface area (TPSA) is 138 Å². The minimum atomic E-state index is -3.19. The van der Waals surface area contributed by atoms with E-state index in [1.807, 2.05) is 18.3 Å². The molecule has 3 heterocycles. The number of fused-ring (bicyclic) bond motifs is 1. The van der Waals surface area contributed by atoms with Crippen molar-refractivity contribution in [3.05, 3.63) is 42.7 Å². The Labute approximate surface area is 210 Å². The van der Waals surface area contributed by atoms with Gasteiger partial charge in [-0.05, 0) is 49.9 Å². The molecule has 192 valence electrons. The highest BCUT2D eigenvalue weighted by Crippen LogP contribution is 2.30. The van der Waals surface area contributed by atoms with Gasteiger partial charge in [-0.3, -0.25) is 0 Å². The summed E-state index contributed by atoms with van der Waals surface area (Å²) in [5.41, 5.74) is 7.60. The molecule has 0 atom stereocenters. The van der Waals surface area contributed by atoms with Gasteiger partial charge in [-0.25, -0.2) is 22.9 Å². The van der Waals surface area contributed by atoms with Crippen molar-refractivity contribution in [1.29, 1.82) is 0 Å². The number of benzene rings is 1. The molecular formula is C24H32N8O3S. The first kappa shape index (κ1) is 24.3. The molecule has 0 radical (unpaired) electrons. The molecule has 4 N–H and O–H groups in total. The Balaban J connectivity index is 1.30. The molecule has 0 bridgehead atoms. The number of nitrogens with two attached hydrogens (primary N) is 1. The average molecular weight is 513 g/mol. The van der Waals surface area contributed by atoms with Crippen LogP contribution in [0.5, 0.6) is 0 Å². The van der Waals surface area contributed by atoms with Gasteiger partial charge in [0, 0.05) is 61.7 Å². The van der Waals surface area contributed by atoms with Crippen molar-refractivity contribution in [3.8, 4) is 5.82 Å². The molecule has 12 heteroatoms. The molecule has 2 amide bonds. The lowest BCUT2D eigenvalue weighted by Gasteiger charge is -2.35. The SMILES string of the molecule is CS(=O)(=O)N[C@H]1CC[C@H](Nc2nccc(-n3ccc4c(N5CCN(C(N)=O)CC5)cccc43)n2)CC1. The second-order valence-electron chi connectivity index (χ2n) is 9.53. The van der Waals surface area contributed by atoms with E-state index >= 15 is 0 Å². The molecule has 5 rings (SSSR count). The fourth-order valence-electron chi connectivity index (χ4n) is 5.19. The number of urea groups is 1. The van der Waals surface area contributed by atoms with Gasteiger partial charge in [0.05, 0.1) is 11.8 Å². The molecular weight excluding hydrogens is 480 g/mol. The minimum Gasteiger partial charge on any atom is -0.367 e. The van der Waals surface area contributed by atoms with E-state index in [2.05, 4.69) is 42.7 Å². The Morgan fingerprint density at radius 1 is 1.03 bits per heavy atom. The van der Waals surface area contributed by atoms with E-state index in [0.29, 0.717) is 19.0 Å². The van der Waals surface area contributed by atoms with Crippen molar-refractivity contribution in [2.24, 2.45) is 5.73 Å². The molecule has 36 heavy (non-hydrogen) atoms. The van der Waals surface area contributed by atoms with Gasteiger partial charge in [0.1, 0.15) is 5.82 Å². The number of hydrogen-bond acceptors (Lipinski definition) is 7. The van der Waals surface area contributed by atoms with Gasteiger partial charge in [0.15, 0.2) is 0 Å². The number of nitrogens with one attached hydrogen (secondary N) is 2. The van der Waals surface area contributed by atoms with Crippen molar-refractivity contribution in [1.82, 2.24) is 24.2 Å². The fourth-order valence-corrected chi connectivity index (χ4v) is 6.03. The van der Waals surface area contributed by atoms with Gasteiger partial charge in [0.2, 0.25) is 16.0 Å². The van der Waals surface area contributed by atoms with Crippen molar-refractivity contribution < 1.29 is 13.2 Å². The standard InChI is InChI=1S/C24H32N8O3S/c1-36(34,35)29-18-7-5-17(6-8-18)27-24-26-11-9-22(28-24)32-12-10-19-20(3-2-4-21(19)32)30-13-15-31(16-14-30)23(25)33/h2-4,9-12,17-18,29H,5-8,13-16H2,1H3,(H2,25,33)(H,26,27,28)/t17-,18-. The molecule has 3 aromatic rings. The van der Waals surface area contributed by atoms with Gasteiger partial charge in [-0.1, -0.05) is 6.07 Å². The third-order valence-corrected chi connectivity index (χ3v) is 7.73. The number of carbonyl (C=O) groups excluding carboxylic acids is 1. The summed E-state index contributed by atoms with van der Waals surface area (Å²) in [5.74, 6) is 1.33. The summed E-state index contributed by atoms with van der Waals surface area (Å²) in [6.45, 7) is 2.69. The van der Waals surface area contributed by atoms with E-state index in [9.17, 15) is 13.2 Å². The van der Waals surface area contributed by atoms with Crippen LogP contribution in [0.3, 0.4) is 0 Å². The monoisotopic (exact) mass is 512 g/mol. The second kappa shape index (κ2) is 9.94. The molecule has 0 unspecified atom stereocenters. The number of rotatable bonds is 6. The van der Waals surface area contributed by atoms with Gasteiger partial charge < -0.3 is 25.4 Å². The fraction of sp³-hybridized carbons (Fsp3) is 0.458. The minimum absolute atomic E-state index is 0.00971. The summed E-state index contributed by atoms with van der Waals surface area (Å²) in [5, 5.41) is 4.55. The zero-order valence-electron chi connectivity index (χ0n) is 20.3. The van der Waals surface area contributed by atoms with Crippen LogP contribution < -0.4 is 20.7 Å². The molecule has 1 saturated carbocycles. The molecule has 1 aliphatic heterocycles. The quantitative estimate of drug-likeness (QED) is 0.458. The Morgan fingerprint density at radius 3 is 2.44 bits per heavy atom. The van der Waals surface area contributed by atoms with E-state index in [4.69, 9.17) is 10.7 Å². The highest BCUT2D eigenvalue weighted by molar-refractivity contribution is 7.88. The van der Waals surface area contributed by atoms with Crippen LogP contribution in [-0.4, -0.2) is 78.4 Å². The van der Waals surface area contributed by atoms with Crippen molar-refractivity contribution >= 4 is 38.6 Å². The van der Waals surface area contributed by atoms with Crippen LogP contribution in [0.15, 0.2) is 42.7 Å². The van der Waals surface area contributed by atoms with Crippen LogP contribution in [0.4, 0.5) is 16.4 Å². The summed E-state index contributed by atoms with van der Waals surface area (Å²) in [6.07, 6.45) is 8.22. The number of sulfonamides is 1. The maximum atomic E-state index is 11.5. The normalized spacial score (nSPS) is 21.0. The first-order valence-electron chi connectivity index (χ1n) is 12.2. The van der Waals surface area contributed by atoms with E-state index in [-0.39, 0.29) is 18.1 Å². The van der Waals surface area contributed by atoms with Crippen LogP contribution in [0.1, 0.15) is 25.7 Å². The van der Waals surface area contributed by atoms with Gasteiger partial charge >= 0.3 is 6.03 Å². The van der Waals surface area contributed by atoms with E-state index in [0.717, 1.165) is 61.2 Å². The van der Waals surface area contributed by atoms with Crippen molar-refractivity contribution in [2.75, 3.05) is 42.7 Å². The van der Waals surface area contributed by atoms with Crippen LogP contribution >= 0.6 is 0 Å². The van der Waals surface area contributed by atoms with Gasteiger partial charge in [-0.2, -0.15) is 4.98 Å². The third-order valence-electron chi connectivity index (χ3n) is 6.97. The summed E-state index contributed by atoms with van der Waals surface area (Å²) in [7, 11) is -3.19. The van der Waals surface area contributed by atoms with Crippen LogP contribution in [0, 0.1) is 0 Å². The number of hydrogen-bond donors (Lipinski definition) is 3. The Kier molecular flexibility index (Phi) is 6.71. The van der Waals surface area contributed by atoms with Gasteiger partial charge in [0.25, 0.3) is 0 Å². The van der Waals surface area contributed by atoms with Crippen LogP contribution in [0.2, 0.25) is 0 Å². The number of piperazine rings is 1. The summed E-state index contributed by atoms with van der Waals surface area (Å²) in [6, 6.07) is 10.0. The van der Waals surface area contributed by atoms with Crippen LogP contribution in [0.25, 0.3) is 16.7 Å². The number of anilines is 2. The molecule has 1 saturated heterocycles. The number of amides is 2. The predicted octanol–water partition coefficient (Wildman–Crippen LogP) is 1.89. The predicted molar refractivity (Wildman–Crippen MR) is 140 cm³/mol. The first-order chi connectivity index (χ1) is 17.3. The molecule has 2 aliphatic rings. The highest BCUT2D eigenvalue weighted by atomic mass is 32.2. The Morgan fingerprint density at radius 2 is 1.75 bits per heavy atom. The van der Waals surface area contributed by atoms with E-state index < -0.39 is 10.0 Å². The summed E-state index contributed by atoms with van der Waals surface area (Å²) in [4.78, 5) is 24.6. The Hall–Kier alpha value is -3.38. The average Bonchev–Trinajstić information content (AvgIpc) is 3.29. The zero-order valence-corrected chi connectivity index (χ0v) is 21.1. The molecule has 1 aromatic carbocycles. The van der Waals surface area contributed by atoms with Gasteiger partial charge in [-0.15, -0.1) is 0 Å². The highest BCUT2D eigenvalue weighted by Gasteiger charge is 2.24. The van der Waals surface area contributed by atoms with Crippen LogP contribution in [-0.2, 0) is 10.0 Å². The Bertz CT molecular complexity index is 1340. The zero-order chi connectivity index (χ0) is 25.3. The molecule has 1 aliphatic carbocycles. The second-order valence-corrected chi connectivity index (χ2v) is 11.3. The number of carbonyl (C=O) groups is 1. The smallest absolute Gasteiger partial charge is 0.314 e. The molecule has 2 aromatic heterocycles.